The summed E-state index contributed by atoms with van der Waals surface area (Å²) in [4.78, 5) is 39.1. The molecule has 2 aromatic rings. The van der Waals surface area contributed by atoms with Crippen LogP contribution in [0.1, 0.15) is 76.1 Å². The summed E-state index contributed by atoms with van der Waals surface area (Å²) in [6, 6.07) is 6.37. The predicted octanol–water partition coefficient (Wildman–Crippen LogP) is 2.78. The summed E-state index contributed by atoms with van der Waals surface area (Å²) in [6.45, 7) is 4.43. The summed E-state index contributed by atoms with van der Waals surface area (Å²) in [5.74, 6) is -3.03. The van der Waals surface area contributed by atoms with Crippen molar-refractivity contribution < 1.29 is 34.1 Å². The number of nitrogens with one attached hydrogen (secondary N) is 1. The molecule has 3 N–H and O–H groups in total. The molecule has 0 bridgehead atoms. The maximum atomic E-state index is 13.3. The standard InChI is InChI=1S/C26H27NO7/c1-3-18(28)27-26(25(2)33-11-6-12-34-25)10-9-16-17(13-26)24(32)20-19(23(16)31)21(29)14-7-4-5-8-15(14)22(20)30/h4-5,7-8,31-32H,3,6,9-13H2,1-2H3,(H,27,28). The van der Waals surface area contributed by atoms with Gasteiger partial charge in [-0.15, -0.1) is 0 Å². The number of carbonyl (C=O) groups is 3. The smallest absolute Gasteiger partial charge is 0.220 e. The highest BCUT2D eigenvalue weighted by Crippen LogP contribution is 2.49. The number of hydrogen-bond acceptors (Lipinski definition) is 7. The van der Waals surface area contributed by atoms with Crippen LogP contribution in [0, 0.1) is 0 Å². The normalized spacial score (nSPS) is 23.0. The molecule has 3 aliphatic rings. The van der Waals surface area contributed by atoms with Gasteiger partial charge in [0.1, 0.15) is 11.5 Å². The zero-order valence-electron chi connectivity index (χ0n) is 19.2. The van der Waals surface area contributed by atoms with Crippen LogP contribution in [0.15, 0.2) is 24.3 Å². The van der Waals surface area contributed by atoms with Gasteiger partial charge in [-0.05, 0) is 26.2 Å². The largest absolute Gasteiger partial charge is 0.507 e. The third-order valence-corrected chi connectivity index (χ3v) is 7.42. The van der Waals surface area contributed by atoms with Crippen molar-refractivity contribution in [2.45, 2.75) is 57.3 Å². The first-order chi connectivity index (χ1) is 16.2. The fourth-order valence-corrected chi connectivity index (χ4v) is 5.48. The van der Waals surface area contributed by atoms with Gasteiger partial charge < -0.3 is 25.0 Å². The molecule has 0 spiro atoms. The molecule has 1 saturated heterocycles. The molecule has 1 atom stereocenters. The van der Waals surface area contributed by atoms with E-state index in [0.29, 0.717) is 30.8 Å². The molecule has 1 amide bonds. The summed E-state index contributed by atoms with van der Waals surface area (Å²) >= 11 is 0. The minimum absolute atomic E-state index is 0.0698. The molecule has 1 fully saturated rings. The SMILES string of the molecule is CCC(=O)NC1(C2(C)OCCCO2)CCc2c(O)c3c(c(O)c2C1)C(=O)c1ccccc1C3=O. The van der Waals surface area contributed by atoms with Crippen LogP contribution < -0.4 is 5.32 Å². The van der Waals surface area contributed by atoms with Crippen LogP contribution in [0.3, 0.4) is 0 Å². The number of phenolic OH excluding ortho intramolecular Hbond substituents is 2. The minimum atomic E-state index is -1.17. The Hall–Kier alpha value is -3.23. The average Bonchev–Trinajstić information content (AvgIpc) is 2.85. The quantitative estimate of drug-likeness (QED) is 0.509. The van der Waals surface area contributed by atoms with E-state index in [9.17, 15) is 24.6 Å². The average molecular weight is 466 g/mol. The van der Waals surface area contributed by atoms with E-state index >= 15 is 0 Å². The van der Waals surface area contributed by atoms with E-state index in [4.69, 9.17) is 9.47 Å². The lowest BCUT2D eigenvalue weighted by atomic mass is 9.69. The number of fused-ring (bicyclic) bond motifs is 3. The highest BCUT2D eigenvalue weighted by molar-refractivity contribution is 6.30. The molecule has 0 radical (unpaired) electrons. The highest BCUT2D eigenvalue weighted by atomic mass is 16.7. The van der Waals surface area contributed by atoms with Crippen molar-refractivity contribution >= 4 is 17.5 Å². The molecule has 5 rings (SSSR count). The zero-order valence-corrected chi connectivity index (χ0v) is 19.2. The Morgan fingerprint density at radius 2 is 1.56 bits per heavy atom. The molecular weight excluding hydrogens is 438 g/mol. The van der Waals surface area contributed by atoms with Crippen molar-refractivity contribution in [1.82, 2.24) is 5.32 Å². The van der Waals surface area contributed by atoms with E-state index in [2.05, 4.69) is 5.32 Å². The second-order valence-corrected chi connectivity index (χ2v) is 9.26. The molecule has 0 saturated carbocycles. The lowest BCUT2D eigenvalue weighted by Gasteiger charge is -2.52. The lowest BCUT2D eigenvalue weighted by molar-refractivity contribution is -0.296. The van der Waals surface area contributed by atoms with Crippen LogP contribution >= 0.6 is 0 Å². The van der Waals surface area contributed by atoms with Gasteiger partial charge in [0.25, 0.3) is 0 Å². The number of rotatable bonds is 3. The Kier molecular flexibility index (Phi) is 5.26. The van der Waals surface area contributed by atoms with E-state index in [1.807, 2.05) is 0 Å². The molecule has 178 valence electrons. The van der Waals surface area contributed by atoms with Crippen molar-refractivity contribution in [3.63, 3.8) is 0 Å². The van der Waals surface area contributed by atoms with Crippen molar-refractivity contribution in [1.29, 1.82) is 0 Å². The Morgan fingerprint density at radius 3 is 2.12 bits per heavy atom. The van der Waals surface area contributed by atoms with Crippen LogP contribution in [0.2, 0.25) is 0 Å². The molecule has 34 heavy (non-hydrogen) atoms. The summed E-state index contributed by atoms with van der Waals surface area (Å²) in [6.07, 6.45) is 1.64. The minimum Gasteiger partial charge on any atom is -0.507 e. The lowest BCUT2D eigenvalue weighted by Crippen LogP contribution is -2.68. The van der Waals surface area contributed by atoms with Gasteiger partial charge in [0.05, 0.1) is 29.9 Å². The van der Waals surface area contributed by atoms with E-state index in [1.165, 1.54) is 6.07 Å². The van der Waals surface area contributed by atoms with Crippen LogP contribution in [0.5, 0.6) is 11.5 Å². The Balaban J connectivity index is 1.68. The van der Waals surface area contributed by atoms with Crippen molar-refractivity contribution in [2.24, 2.45) is 0 Å². The third kappa shape index (κ3) is 3.09. The molecule has 2 aliphatic carbocycles. The molecule has 1 heterocycles. The Bertz CT molecular complexity index is 1230. The molecule has 2 aromatic carbocycles. The third-order valence-electron chi connectivity index (χ3n) is 7.42. The zero-order chi connectivity index (χ0) is 24.3. The summed E-state index contributed by atoms with van der Waals surface area (Å²) in [5, 5.41) is 25.6. The first-order valence-electron chi connectivity index (χ1n) is 11.6. The number of hydrogen-bond donors (Lipinski definition) is 3. The van der Waals surface area contributed by atoms with Gasteiger partial charge in [0.15, 0.2) is 17.4 Å². The van der Waals surface area contributed by atoms with Crippen molar-refractivity contribution in [3.8, 4) is 11.5 Å². The topological polar surface area (TPSA) is 122 Å². The maximum absolute atomic E-state index is 13.3. The number of ether oxygens (including phenoxy) is 2. The van der Waals surface area contributed by atoms with Gasteiger partial charge in [-0.25, -0.2) is 0 Å². The van der Waals surface area contributed by atoms with Crippen molar-refractivity contribution in [2.75, 3.05) is 13.2 Å². The number of amides is 1. The second kappa shape index (κ2) is 7.92. The Labute approximate surface area is 196 Å². The van der Waals surface area contributed by atoms with E-state index in [0.717, 1.165) is 6.42 Å². The number of ketones is 2. The van der Waals surface area contributed by atoms with Gasteiger partial charge in [0, 0.05) is 35.1 Å². The van der Waals surface area contributed by atoms with Gasteiger partial charge >= 0.3 is 0 Å². The van der Waals surface area contributed by atoms with Gasteiger partial charge in [0.2, 0.25) is 5.91 Å². The second-order valence-electron chi connectivity index (χ2n) is 9.26. The molecule has 1 aliphatic heterocycles. The summed E-state index contributed by atoms with van der Waals surface area (Å²) < 4.78 is 12.1. The van der Waals surface area contributed by atoms with Crippen LogP contribution in [-0.4, -0.2) is 52.2 Å². The Morgan fingerprint density at radius 1 is 1.00 bits per heavy atom. The predicted molar refractivity (Wildman–Crippen MR) is 121 cm³/mol. The van der Waals surface area contributed by atoms with E-state index in [1.54, 1.807) is 32.0 Å². The van der Waals surface area contributed by atoms with Crippen LogP contribution in [0.4, 0.5) is 0 Å². The van der Waals surface area contributed by atoms with Crippen LogP contribution in [-0.2, 0) is 27.1 Å². The highest BCUT2D eigenvalue weighted by Gasteiger charge is 2.55. The van der Waals surface area contributed by atoms with Gasteiger partial charge in [-0.1, -0.05) is 31.2 Å². The molecule has 0 aromatic heterocycles. The number of benzene rings is 2. The summed E-state index contributed by atoms with van der Waals surface area (Å²) in [5.41, 5.74) is -0.301. The molecule has 8 heteroatoms. The van der Waals surface area contributed by atoms with Crippen molar-refractivity contribution in [3.05, 3.63) is 57.6 Å². The summed E-state index contributed by atoms with van der Waals surface area (Å²) in [7, 11) is 0. The number of phenols is 2. The molecule has 1 unspecified atom stereocenters. The number of aromatic hydroxyl groups is 2. The first-order valence-corrected chi connectivity index (χ1v) is 11.6. The van der Waals surface area contributed by atoms with Crippen LogP contribution in [0.25, 0.3) is 0 Å². The van der Waals surface area contributed by atoms with Gasteiger partial charge in [-0.2, -0.15) is 0 Å². The monoisotopic (exact) mass is 465 g/mol. The molecular formula is C26H27NO7. The fourth-order valence-electron chi connectivity index (χ4n) is 5.48. The first kappa shape index (κ1) is 22.6. The van der Waals surface area contributed by atoms with E-state index in [-0.39, 0.29) is 58.9 Å². The fraction of sp³-hybridized carbons (Fsp3) is 0.423. The number of carbonyl (C=O) groups excluding carboxylic acids is 3. The molecule has 8 nitrogen and oxygen atoms in total. The van der Waals surface area contributed by atoms with E-state index < -0.39 is 22.9 Å². The van der Waals surface area contributed by atoms with Gasteiger partial charge in [-0.3, -0.25) is 14.4 Å². The maximum Gasteiger partial charge on any atom is 0.220 e.